The molecule has 0 radical (unpaired) electrons. The van der Waals surface area contributed by atoms with Crippen molar-refractivity contribution < 1.29 is 14.6 Å². The van der Waals surface area contributed by atoms with Crippen LogP contribution in [0.3, 0.4) is 0 Å². The van der Waals surface area contributed by atoms with Crippen molar-refractivity contribution in [3.8, 4) is 11.8 Å². The Balaban J connectivity index is 2.15. The second-order valence-corrected chi connectivity index (χ2v) is 3.91. The van der Waals surface area contributed by atoms with Gasteiger partial charge in [-0.15, -0.1) is 0 Å². The van der Waals surface area contributed by atoms with Crippen LogP contribution in [0, 0.1) is 11.3 Å². The standard InChI is InChI=1S/C12H13NO3/c1-12(9-2-4-10(14)5-3-9)15-8-11(16-12)6-7-13/h2-5,11,14H,6,8H2,1H3. The van der Waals surface area contributed by atoms with Crippen LogP contribution in [-0.2, 0) is 15.3 Å². The van der Waals surface area contributed by atoms with Gasteiger partial charge in [0.15, 0.2) is 5.79 Å². The van der Waals surface area contributed by atoms with Gasteiger partial charge in [-0.2, -0.15) is 5.26 Å². The monoisotopic (exact) mass is 219 g/mol. The van der Waals surface area contributed by atoms with Gasteiger partial charge in [0.2, 0.25) is 0 Å². The maximum Gasteiger partial charge on any atom is 0.192 e. The Bertz CT molecular complexity index is 409. The Labute approximate surface area is 94.0 Å². The second kappa shape index (κ2) is 4.12. The largest absolute Gasteiger partial charge is 0.508 e. The minimum Gasteiger partial charge on any atom is -0.508 e. The first kappa shape index (κ1) is 10.9. The average molecular weight is 219 g/mol. The maximum absolute atomic E-state index is 9.19. The number of hydrogen-bond donors (Lipinski definition) is 1. The summed E-state index contributed by atoms with van der Waals surface area (Å²) in [4.78, 5) is 0. The van der Waals surface area contributed by atoms with Gasteiger partial charge in [-0.05, 0) is 31.2 Å². The van der Waals surface area contributed by atoms with Crippen LogP contribution in [-0.4, -0.2) is 17.8 Å². The van der Waals surface area contributed by atoms with Crippen molar-refractivity contribution in [2.45, 2.75) is 25.2 Å². The van der Waals surface area contributed by atoms with E-state index in [9.17, 15) is 5.11 Å². The zero-order valence-electron chi connectivity index (χ0n) is 9.01. The molecule has 0 bridgehead atoms. The highest BCUT2D eigenvalue weighted by Crippen LogP contribution is 2.35. The van der Waals surface area contributed by atoms with Crippen LogP contribution in [0.2, 0.25) is 0 Å². The third-order valence-corrected chi connectivity index (χ3v) is 2.65. The molecular weight excluding hydrogens is 206 g/mol. The number of hydrogen-bond acceptors (Lipinski definition) is 4. The highest BCUT2D eigenvalue weighted by molar-refractivity contribution is 5.28. The number of benzene rings is 1. The average Bonchev–Trinajstić information content (AvgIpc) is 2.63. The zero-order chi connectivity index (χ0) is 11.6. The molecule has 4 heteroatoms. The summed E-state index contributed by atoms with van der Waals surface area (Å²) in [7, 11) is 0. The molecule has 1 saturated heterocycles. The summed E-state index contributed by atoms with van der Waals surface area (Å²) in [5, 5.41) is 17.8. The summed E-state index contributed by atoms with van der Waals surface area (Å²) in [6.07, 6.45) is 0.150. The topological polar surface area (TPSA) is 62.5 Å². The van der Waals surface area contributed by atoms with Crippen molar-refractivity contribution in [2.75, 3.05) is 6.61 Å². The van der Waals surface area contributed by atoms with Gasteiger partial charge in [-0.25, -0.2) is 0 Å². The third-order valence-electron chi connectivity index (χ3n) is 2.65. The molecule has 0 saturated carbocycles. The molecule has 4 nitrogen and oxygen atoms in total. The Hall–Kier alpha value is -1.57. The Morgan fingerprint density at radius 3 is 2.81 bits per heavy atom. The molecule has 1 heterocycles. The van der Waals surface area contributed by atoms with E-state index in [1.807, 2.05) is 6.92 Å². The van der Waals surface area contributed by atoms with E-state index in [1.165, 1.54) is 0 Å². The van der Waals surface area contributed by atoms with Crippen molar-refractivity contribution in [1.29, 1.82) is 5.26 Å². The molecule has 16 heavy (non-hydrogen) atoms. The van der Waals surface area contributed by atoms with Gasteiger partial charge < -0.3 is 14.6 Å². The summed E-state index contributed by atoms with van der Waals surface area (Å²) < 4.78 is 11.3. The minimum absolute atomic E-state index is 0.177. The number of phenols is 1. The molecule has 1 N–H and O–H groups in total. The number of nitrogens with zero attached hydrogens (tertiary/aromatic N) is 1. The van der Waals surface area contributed by atoms with E-state index in [-0.39, 0.29) is 11.9 Å². The predicted molar refractivity (Wildman–Crippen MR) is 56.5 cm³/mol. The predicted octanol–water partition coefficient (Wildman–Crippen LogP) is 1.89. The van der Waals surface area contributed by atoms with E-state index < -0.39 is 5.79 Å². The van der Waals surface area contributed by atoms with Crippen molar-refractivity contribution in [3.05, 3.63) is 29.8 Å². The van der Waals surface area contributed by atoms with Crippen molar-refractivity contribution >= 4 is 0 Å². The fourth-order valence-corrected chi connectivity index (χ4v) is 1.76. The molecule has 0 aliphatic carbocycles. The van der Waals surface area contributed by atoms with Crippen LogP contribution < -0.4 is 0 Å². The molecule has 2 rings (SSSR count). The first-order valence-corrected chi connectivity index (χ1v) is 5.12. The number of phenolic OH excluding ortho intramolecular Hbond substituents is 1. The number of ether oxygens (including phenoxy) is 2. The molecule has 0 amide bonds. The fraction of sp³-hybridized carbons (Fsp3) is 0.417. The van der Waals surface area contributed by atoms with Crippen LogP contribution in [0.15, 0.2) is 24.3 Å². The number of nitriles is 1. The Morgan fingerprint density at radius 1 is 1.50 bits per heavy atom. The van der Waals surface area contributed by atoms with Gasteiger partial charge in [0.1, 0.15) is 5.75 Å². The molecule has 0 spiro atoms. The van der Waals surface area contributed by atoms with E-state index >= 15 is 0 Å². The Morgan fingerprint density at radius 2 is 2.19 bits per heavy atom. The lowest BCUT2D eigenvalue weighted by Crippen LogP contribution is -2.23. The molecule has 84 valence electrons. The molecule has 1 aliphatic rings. The quantitative estimate of drug-likeness (QED) is 0.825. The first-order valence-electron chi connectivity index (χ1n) is 5.12. The summed E-state index contributed by atoms with van der Waals surface area (Å²) >= 11 is 0. The molecule has 1 fully saturated rings. The smallest absolute Gasteiger partial charge is 0.192 e. The minimum atomic E-state index is -0.810. The normalized spacial score (nSPS) is 28.9. The number of rotatable bonds is 2. The van der Waals surface area contributed by atoms with Crippen LogP contribution in [0.1, 0.15) is 18.9 Å². The van der Waals surface area contributed by atoms with Gasteiger partial charge in [-0.3, -0.25) is 0 Å². The lowest BCUT2D eigenvalue weighted by Gasteiger charge is -2.23. The number of aromatic hydroxyl groups is 1. The SMILES string of the molecule is CC1(c2ccc(O)cc2)OCC(CC#N)O1. The third kappa shape index (κ3) is 2.01. The van der Waals surface area contributed by atoms with E-state index in [1.54, 1.807) is 24.3 Å². The molecule has 2 atom stereocenters. The molecular formula is C12H13NO3. The molecule has 1 aromatic rings. The van der Waals surface area contributed by atoms with Crippen LogP contribution >= 0.6 is 0 Å². The Kier molecular flexibility index (Phi) is 2.82. The second-order valence-electron chi connectivity index (χ2n) is 3.91. The highest BCUT2D eigenvalue weighted by atomic mass is 16.7. The van der Waals surface area contributed by atoms with Gasteiger partial charge in [-0.1, -0.05) is 0 Å². The lowest BCUT2D eigenvalue weighted by atomic mass is 10.1. The van der Waals surface area contributed by atoms with E-state index in [2.05, 4.69) is 6.07 Å². The molecule has 0 aromatic heterocycles. The summed E-state index contributed by atoms with van der Waals surface area (Å²) in [5.74, 6) is -0.603. The molecule has 2 unspecified atom stereocenters. The fourth-order valence-electron chi connectivity index (χ4n) is 1.76. The van der Waals surface area contributed by atoms with Crippen molar-refractivity contribution in [2.24, 2.45) is 0 Å². The van der Waals surface area contributed by atoms with Crippen LogP contribution in [0.25, 0.3) is 0 Å². The highest BCUT2D eigenvalue weighted by Gasteiger charge is 2.38. The van der Waals surface area contributed by atoms with Gasteiger partial charge in [0.05, 0.1) is 25.2 Å². The van der Waals surface area contributed by atoms with Crippen LogP contribution in [0.5, 0.6) is 5.75 Å². The molecule has 1 aliphatic heterocycles. The maximum atomic E-state index is 9.19. The van der Waals surface area contributed by atoms with E-state index in [4.69, 9.17) is 14.7 Å². The van der Waals surface area contributed by atoms with Crippen molar-refractivity contribution in [1.82, 2.24) is 0 Å². The lowest BCUT2D eigenvalue weighted by molar-refractivity contribution is -0.161. The van der Waals surface area contributed by atoms with E-state index in [0.717, 1.165) is 5.56 Å². The van der Waals surface area contributed by atoms with Gasteiger partial charge in [0.25, 0.3) is 0 Å². The first-order chi connectivity index (χ1) is 7.64. The van der Waals surface area contributed by atoms with Crippen LogP contribution in [0.4, 0.5) is 0 Å². The van der Waals surface area contributed by atoms with Crippen molar-refractivity contribution in [3.63, 3.8) is 0 Å². The summed E-state index contributed by atoms with van der Waals surface area (Å²) in [6.45, 7) is 2.24. The summed E-state index contributed by atoms with van der Waals surface area (Å²) in [5.41, 5.74) is 0.839. The zero-order valence-corrected chi connectivity index (χ0v) is 9.01. The summed E-state index contributed by atoms with van der Waals surface area (Å²) in [6, 6.07) is 8.75. The molecule has 1 aromatic carbocycles. The van der Waals surface area contributed by atoms with Gasteiger partial charge >= 0.3 is 0 Å². The van der Waals surface area contributed by atoms with E-state index in [0.29, 0.717) is 13.0 Å². The van der Waals surface area contributed by atoms with Gasteiger partial charge in [0, 0.05) is 5.56 Å².